The standard InChI is InChI=1S/C18H23N3O4/c22-10-9-21-16(6-8-19-21)18(23)20-15-7-11-24-13-17(15)25-12-14-4-2-1-3-5-14/h1-6,8,15,17,22H,7,9-13H2,(H,20,23)/t15-,17-/m1/s1. The second-order valence-corrected chi connectivity index (χ2v) is 5.94. The molecule has 0 aliphatic carbocycles. The summed E-state index contributed by atoms with van der Waals surface area (Å²) < 4.78 is 13.0. The monoisotopic (exact) mass is 345 g/mol. The highest BCUT2D eigenvalue weighted by molar-refractivity contribution is 5.92. The fraction of sp³-hybridized carbons (Fsp3) is 0.444. The molecule has 0 unspecified atom stereocenters. The summed E-state index contributed by atoms with van der Waals surface area (Å²) in [5.41, 5.74) is 1.52. The first-order valence-corrected chi connectivity index (χ1v) is 8.44. The zero-order chi connectivity index (χ0) is 17.5. The molecule has 1 aromatic heterocycles. The molecule has 134 valence electrons. The molecular weight excluding hydrogens is 322 g/mol. The van der Waals surface area contributed by atoms with Gasteiger partial charge < -0.3 is 19.9 Å². The molecule has 3 rings (SSSR count). The smallest absolute Gasteiger partial charge is 0.269 e. The van der Waals surface area contributed by atoms with Gasteiger partial charge in [0.25, 0.3) is 5.91 Å². The van der Waals surface area contributed by atoms with Crippen LogP contribution in [0, 0.1) is 0 Å². The highest BCUT2D eigenvalue weighted by atomic mass is 16.5. The number of nitrogens with one attached hydrogen (secondary N) is 1. The first-order chi connectivity index (χ1) is 12.3. The Morgan fingerprint density at radius 1 is 1.36 bits per heavy atom. The fourth-order valence-electron chi connectivity index (χ4n) is 2.86. The van der Waals surface area contributed by atoms with Crippen molar-refractivity contribution in [2.45, 2.75) is 31.7 Å². The highest BCUT2D eigenvalue weighted by Gasteiger charge is 2.29. The second kappa shape index (κ2) is 8.75. The zero-order valence-corrected chi connectivity index (χ0v) is 14.0. The van der Waals surface area contributed by atoms with Gasteiger partial charge in [-0.15, -0.1) is 0 Å². The van der Waals surface area contributed by atoms with Gasteiger partial charge in [0.1, 0.15) is 11.8 Å². The molecular formula is C18H23N3O4. The Hall–Kier alpha value is -2.22. The van der Waals surface area contributed by atoms with Crippen LogP contribution in [-0.4, -0.2) is 52.8 Å². The van der Waals surface area contributed by atoms with Gasteiger partial charge in [0.15, 0.2) is 0 Å². The van der Waals surface area contributed by atoms with Crippen molar-refractivity contribution < 1.29 is 19.4 Å². The minimum absolute atomic E-state index is 0.0674. The number of rotatable bonds is 7. The van der Waals surface area contributed by atoms with Gasteiger partial charge in [-0.3, -0.25) is 9.48 Å². The van der Waals surface area contributed by atoms with E-state index in [0.717, 1.165) is 5.56 Å². The number of aliphatic hydroxyl groups excluding tert-OH is 1. The van der Waals surface area contributed by atoms with Crippen LogP contribution in [0.1, 0.15) is 22.5 Å². The van der Waals surface area contributed by atoms with Crippen molar-refractivity contribution >= 4 is 5.91 Å². The van der Waals surface area contributed by atoms with Crippen molar-refractivity contribution in [1.29, 1.82) is 0 Å². The second-order valence-electron chi connectivity index (χ2n) is 5.94. The van der Waals surface area contributed by atoms with Crippen LogP contribution in [0.4, 0.5) is 0 Å². The molecule has 1 aliphatic heterocycles. The summed E-state index contributed by atoms with van der Waals surface area (Å²) in [5, 5.41) is 16.1. The average molecular weight is 345 g/mol. The number of carbonyl (C=O) groups excluding carboxylic acids is 1. The first kappa shape index (κ1) is 17.6. The van der Waals surface area contributed by atoms with Crippen LogP contribution in [0.3, 0.4) is 0 Å². The summed E-state index contributed by atoms with van der Waals surface area (Å²) in [6.45, 7) is 1.74. The number of hydrogen-bond donors (Lipinski definition) is 2. The van der Waals surface area contributed by atoms with Crippen molar-refractivity contribution in [1.82, 2.24) is 15.1 Å². The lowest BCUT2D eigenvalue weighted by Gasteiger charge is -2.32. The van der Waals surface area contributed by atoms with E-state index in [4.69, 9.17) is 14.6 Å². The van der Waals surface area contributed by atoms with Crippen molar-refractivity contribution in [2.75, 3.05) is 19.8 Å². The van der Waals surface area contributed by atoms with Gasteiger partial charge in [0.2, 0.25) is 0 Å². The molecule has 1 saturated heterocycles. The van der Waals surface area contributed by atoms with Crippen molar-refractivity contribution in [3.8, 4) is 0 Å². The minimum Gasteiger partial charge on any atom is -0.394 e. The van der Waals surface area contributed by atoms with E-state index in [0.29, 0.717) is 31.9 Å². The maximum Gasteiger partial charge on any atom is 0.269 e. The third-order valence-electron chi connectivity index (χ3n) is 4.19. The number of hydrogen-bond acceptors (Lipinski definition) is 5. The van der Waals surface area contributed by atoms with Crippen LogP contribution in [0.15, 0.2) is 42.6 Å². The van der Waals surface area contributed by atoms with E-state index in [1.165, 1.54) is 4.68 Å². The number of benzene rings is 1. The molecule has 2 heterocycles. The lowest BCUT2D eigenvalue weighted by atomic mass is 10.1. The predicted molar refractivity (Wildman–Crippen MR) is 91.0 cm³/mol. The zero-order valence-electron chi connectivity index (χ0n) is 14.0. The van der Waals surface area contributed by atoms with Gasteiger partial charge >= 0.3 is 0 Å². The van der Waals surface area contributed by atoms with E-state index in [2.05, 4.69) is 10.4 Å². The molecule has 1 fully saturated rings. The third kappa shape index (κ3) is 4.66. The van der Waals surface area contributed by atoms with E-state index in [-0.39, 0.29) is 31.2 Å². The van der Waals surface area contributed by atoms with Crippen LogP contribution in [-0.2, 0) is 22.6 Å². The molecule has 0 saturated carbocycles. The summed E-state index contributed by atoms with van der Waals surface area (Å²) in [4.78, 5) is 12.5. The first-order valence-electron chi connectivity index (χ1n) is 8.44. The topological polar surface area (TPSA) is 85.6 Å². The number of aromatic nitrogens is 2. The lowest BCUT2D eigenvalue weighted by Crippen LogP contribution is -2.50. The van der Waals surface area contributed by atoms with E-state index >= 15 is 0 Å². The van der Waals surface area contributed by atoms with E-state index in [1.807, 2.05) is 30.3 Å². The molecule has 1 aromatic carbocycles. The van der Waals surface area contributed by atoms with Crippen molar-refractivity contribution in [3.63, 3.8) is 0 Å². The van der Waals surface area contributed by atoms with E-state index in [1.54, 1.807) is 12.3 Å². The normalized spacial score (nSPS) is 20.4. The highest BCUT2D eigenvalue weighted by Crippen LogP contribution is 2.15. The van der Waals surface area contributed by atoms with Gasteiger partial charge in [0.05, 0.1) is 32.4 Å². The molecule has 2 atom stereocenters. The van der Waals surface area contributed by atoms with Gasteiger partial charge in [-0.1, -0.05) is 30.3 Å². The Balaban J connectivity index is 1.60. The molecule has 1 aliphatic rings. The summed E-state index contributed by atoms with van der Waals surface area (Å²) in [5.74, 6) is -0.217. The molecule has 2 N–H and O–H groups in total. The predicted octanol–water partition coefficient (Wildman–Crippen LogP) is 0.979. The van der Waals surface area contributed by atoms with Crippen LogP contribution < -0.4 is 5.32 Å². The summed E-state index contributed by atoms with van der Waals surface area (Å²) >= 11 is 0. The third-order valence-corrected chi connectivity index (χ3v) is 4.19. The Kier molecular flexibility index (Phi) is 6.16. The summed E-state index contributed by atoms with van der Waals surface area (Å²) in [6, 6.07) is 11.4. The number of carbonyl (C=O) groups is 1. The Morgan fingerprint density at radius 3 is 3.00 bits per heavy atom. The molecule has 0 spiro atoms. The van der Waals surface area contributed by atoms with Gasteiger partial charge in [-0.2, -0.15) is 5.10 Å². The number of amides is 1. The molecule has 0 bridgehead atoms. The largest absolute Gasteiger partial charge is 0.394 e. The molecule has 7 nitrogen and oxygen atoms in total. The minimum atomic E-state index is -0.217. The Labute approximate surface area is 146 Å². The van der Waals surface area contributed by atoms with Crippen LogP contribution in [0.25, 0.3) is 0 Å². The molecule has 0 radical (unpaired) electrons. The molecule has 2 aromatic rings. The van der Waals surface area contributed by atoms with E-state index in [9.17, 15) is 4.79 Å². The molecule has 7 heteroatoms. The number of aliphatic hydroxyl groups is 1. The average Bonchev–Trinajstić information content (AvgIpc) is 3.11. The lowest BCUT2D eigenvalue weighted by molar-refractivity contribution is -0.0736. The van der Waals surface area contributed by atoms with Crippen molar-refractivity contribution in [2.24, 2.45) is 0 Å². The van der Waals surface area contributed by atoms with Gasteiger partial charge in [-0.25, -0.2) is 0 Å². The van der Waals surface area contributed by atoms with Crippen molar-refractivity contribution in [3.05, 3.63) is 53.9 Å². The van der Waals surface area contributed by atoms with E-state index < -0.39 is 0 Å². The van der Waals surface area contributed by atoms with Crippen LogP contribution in [0.5, 0.6) is 0 Å². The maximum atomic E-state index is 12.5. The SMILES string of the molecule is O=C(N[C@@H]1CCOC[C@H]1OCc1ccccc1)c1ccnn1CCO. The van der Waals surface area contributed by atoms with Crippen LogP contribution in [0.2, 0.25) is 0 Å². The maximum absolute atomic E-state index is 12.5. The molecule has 25 heavy (non-hydrogen) atoms. The number of nitrogens with zero attached hydrogens (tertiary/aromatic N) is 2. The van der Waals surface area contributed by atoms with Gasteiger partial charge in [0, 0.05) is 12.8 Å². The van der Waals surface area contributed by atoms with Gasteiger partial charge in [-0.05, 0) is 18.1 Å². The quantitative estimate of drug-likeness (QED) is 0.781. The summed E-state index contributed by atoms with van der Waals surface area (Å²) in [7, 11) is 0. The Morgan fingerprint density at radius 2 is 2.20 bits per heavy atom. The Bertz CT molecular complexity index is 674. The fourth-order valence-corrected chi connectivity index (χ4v) is 2.86. The van der Waals surface area contributed by atoms with Crippen LogP contribution >= 0.6 is 0 Å². The molecule has 1 amide bonds. The number of ether oxygens (including phenoxy) is 2. The summed E-state index contributed by atoms with van der Waals surface area (Å²) in [6.07, 6.45) is 2.05.